The molecular weight excluding hydrogens is 471 g/mol. The monoisotopic (exact) mass is 498 g/mol. The van der Waals surface area contributed by atoms with Crippen molar-refractivity contribution in [2.24, 2.45) is 0 Å². The molecule has 0 saturated carbocycles. The lowest BCUT2D eigenvalue weighted by atomic mass is 10.0. The summed E-state index contributed by atoms with van der Waals surface area (Å²) in [5, 5.41) is 5.76. The number of rotatable bonds is 9. The summed E-state index contributed by atoms with van der Waals surface area (Å²) in [6, 6.07) is 30.0. The van der Waals surface area contributed by atoms with Gasteiger partial charge in [-0.25, -0.2) is 4.39 Å². The van der Waals surface area contributed by atoms with E-state index in [0.29, 0.717) is 12.1 Å². The van der Waals surface area contributed by atoms with Crippen molar-refractivity contribution in [1.29, 1.82) is 0 Å². The van der Waals surface area contributed by atoms with Gasteiger partial charge in [0.25, 0.3) is 5.91 Å². The second-order valence-corrected chi connectivity index (χ2v) is 9.48. The second kappa shape index (κ2) is 12.2. The van der Waals surface area contributed by atoms with Gasteiger partial charge in [0.05, 0.1) is 0 Å². The van der Waals surface area contributed by atoms with E-state index in [1.807, 2.05) is 73.7 Å². The van der Waals surface area contributed by atoms with Crippen LogP contribution in [0, 0.1) is 12.7 Å². The number of anilines is 1. The smallest absolute Gasteiger partial charge is 0.251 e. The van der Waals surface area contributed by atoms with Crippen LogP contribution in [0.15, 0.2) is 108 Å². The van der Waals surface area contributed by atoms with Crippen molar-refractivity contribution in [2.45, 2.75) is 30.0 Å². The maximum Gasteiger partial charge on any atom is 0.251 e. The Labute approximate surface area is 215 Å². The molecule has 0 spiro atoms. The molecule has 0 fully saturated rings. The highest BCUT2D eigenvalue weighted by molar-refractivity contribution is 7.98. The molecule has 4 aromatic carbocycles. The van der Waals surface area contributed by atoms with Crippen molar-refractivity contribution in [3.8, 4) is 0 Å². The van der Waals surface area contributed by atoms with Crippen LogP contribution in [0.5, 0.6) is 0 Å². The Kier molecular flexibility index (Phi) is 8.53. The lowest BCUT2D eigenvalue weighted by molar-refractivity contribution is -0.118. The molecule has 0 aliphatic rings. The van der Waals surface area contributed by atoms with Crippen molar-refractivity contribution in [1.82, 2.24) is 5.32 Å². The molecule has 0 saturated heterocycles. The lowest BCUT2D eigenvalue weighted by Gasteiger charge is -2.19. The van der Waals surface area contributed by atoms with Gasteiger partial charge in [0, 0.05) is 28.3 Å². The van der Waals surface area contributed by atoms with Gasteiger partial charge in [0.2, 0.25) is 5.91 Å². The zero-order valence-corrected chi connectivity index (χ0v) is 20.7. The first-order valence-corrected chi connectivity index (χ1v) is 12.6. The highest BCUT2D eigenvalue weighted by Gasteiger charge is 2.22. The Morgan fingerprint density at radius 1 is 0.833 bits per heavy atom. The van der Waals surface area contributed by atoms with Crippen LogP contribution < -0.4 is 10.6 Å². The fraction of sp³-hybridized carbons (Fsp3) is 0.133. The summed E-state index contributed by atoms with van der Waals surface area (Å²) in [6.07, 6.45) is 0.323. The van der Waals surface area contributed by atoms with Crippen molar-refractivity contribution in [3.05, 3.63) is 131 Å². The number of nitrogens with one attached hydrogen (secondary N) is 2. The number of thioether (sulfide) groups is 1. The largest absolute Gasteiger partial charge is 0.340 e. The summed E-state index contributed by atoms with van der Waals surface area (Å²) in [6.45, 7) is 2.01. The zero-order chi connectivity index (χ0) is 25.3. The summed E-state index contributed by atoms with van der Waals surface area (Å²) in [5.41, 5.74) is 4.18. The summed E-state index contributed by atoms with van der Waals surface area (Å²) < 4.78 is 13.3. The third-order valence-electron chi connectivity index (χ3n) is 5.69. The van der Waals surface area contributed by atoms with Gasteiger partial charge in [0.15, 0.2) is 0 Å². The van der Waals surface area contributed by atoms with E-state index < -0.39 is 17.8 Å². The highest BCUT2D eigenvalue weighted by atomic mass is 32.2. The number of carbonyl (C=O) groups is 2. The SMILES string of the molecule is Cc1cc(NC(=O)[C@H](Cc2ccccc2)NC(=O)c2ccc(F)cc2)ccc1SCc1ccccc1. The van der Waals surface area contributed by atoms with Gasteiger partial charge in [-0.05, 0) is 66.1 Å². The van der Waals surface area contributed by atoms with Crippen LogP contribution in [0.2, 0.25) is 0 Å². The Balaban J connectivity index is 1.45. The molecule has 4 nitrogen and oxygen atoms in total. The Hall–Kier alpha value is -3.90. The van der Waals surface area contributed by atoms with Crippen molar-refractivity contribution < 1.29 is 14.0 Å². The van der Waals surface area contributed by atoms with Crippen LogP contribution in [0.4, 0.5) is 10.1 Å². The maximum absolute atomic E-state index is 13.3. The molecule has 4 aromatic rings. The molecule has 182 valence electrons. The molecule has 0 aliphatic heterocycles. The van der Waals surface area contributed by atoms with Gasteiger partial charge in [0.1, 0.15) is 11.9 Å². The number of benzene rings is 4. The Morgan fingerprint density at radius 3 is 2.11 bits per heavy atom. The van der Waals surface area contributed by atoms with Gasteiger partial charge in [-0.1, -0.05) is 60.7 Å². The minimum absolute atomic E-state index is 0.290. The summed E-state index contributed by atoms with van der Waals surface area (Å²) in [7, 11) is 0. The van der Waals surface area contributed by atoms with Crippen LogP contribution in [-0.4, -0.2) is 17.9 Å². The zero-order valence-electron chi connectivity index (χ0n) is 19.9. The van der Waals surface area contributed by atoms with Gasteiger partial charge in [-0.2, -0.15) is 0 Å². The first-order chi connectivity index (χ1) is 17.5. The normalized spacial score (nSPS) is 11.5. The predicted octanol–water partition coefficient (Wildman–Crippen LogP) is 6.41. The summed E-state index contributed by atoms with van der Waals surface area (Å²) >= 11 is 1.75. The van der Waals surface area contributed by atoms with Crippen LogP contribution >= 0.6 is 11.8 Å². The van der Waals surface area contributed by atoms with E-state index >= 15 is 0 Å². The summed E-state index contributed by atoms with van der Waals surface area (Å²) in [5.74, 6) is -0.318. The van der Waals surface area contributed by atoms with Crippen molar-refractivity contribution >= 4 is 29.3 Å². The molecule has 0 aromatic heterocycles. The molecule has 0 heterocycles. The molecule has 4 rings (SSSR count). The average Bonchev–Trinajstić information content (AvgIpc) is 2.89. The Bertz CT molecular complexity index is 1310. The third kappa shape index (κ3) is 7.06. The predicted molar refractivity (Wildman–Crippen MR) is 144 cm³/mol. The number of amides is 2. The van der Waals surface area contributed by atoms with Crippen LogP contribution in [0.1, 0.15) is 27.0 Å². The molecule has 0 bridgehead atoms. The van der Waals surface area contributed by atoms with Gasteiger partial charge < -0.3 is 10.6 Å². The van der Waals surface area contributed by atoms with E-state index in [9.17, 15) is 14.0 Å². The number of aryl methyl sites for hydroxylation is 1. The lowest BCUT2D eigenvalue weighted by Crippen LogP contribution is -2.45. The van der Waals surface area contributed by atoms with Crippen LogP contribution in [0.25, 0.3) is 0 Å². The van der Waals surface area contributed by atoms with Gasteiger partial charge >= 0.3 is 0 Å². The van der Waals surface area contributed by atoms with E-state index in [1.54, 1.807) is 11.8 Å². The molecule has 36 heavy (non-hydrogen) atoms. The highest BCUT2D eigenvalue weighted by Crippen LogP contribution is 2.28. The average molecular weight is 499 g/mol. The van der Waals surface area contributed by atoms with Gasteiger partial charge in [-0.15, -0.1) is 11.8 Å². The molecular formula is C30H27FN2O2S. The fourth-order valence-corrected chi connectivity index (χ4v) is 4.72. The summed E-state index contributed by atoms with van der Waals surface area (Å²) in [4.78, 5) is 27.2. The maximum atomic E-state index is 13.3. The molecule has 0 unspecified atom stereocenters. The minimum Gasteiger partial charge on any atom is -0.340 e. The number of hydrogen-bond acceptors (Lipinski definition) is 3. The third-order valence-corrected chi connectivity index (χ3v) is 6.94. The second-order valence-electron chi connectivity index (χ2n) is 8.47. The van der Waals surface area contributed by atoms with E-state index in [0.717, 1.165) is 21.8 Å². The van der Waals surface area contributed by atoms with Crippen LogP contribution in [0.3, 0.4) is 0 Å². The molecule has 0 aliphatic carbocycles. The molecule has 2 amide bonds. The van der Waals surface area contributed by atoms with E-state index in [1.165, 1.54) is 29.8 Å². The van der Waals surface area contributed by atoms with E-state index in [-0.39, 0.29) is 11.5 Å². The van der Waals surface area contributed by atoms with Gasteiger partial charge in [-0.3, -0.25) is 9.59 Å². The number of halogens is 1. The molecule has 0 radical (unpaired) electrons. The Morgan fingerprint density at radius 2 is 1.47 bits per heavy atom. The number of hydrogen-bond donors (Lipinski definition) is 2. The molecule has 6 heteroatoms. The molecule has 2 N–H and O–H groups in total. The standard InChI is InChI=1S/C30H27FN2O2S/c1-21-18-26(16-17-28(21)36-20-23-10-6-3-7-11-23)32-30(35)27(19-22-8-4-2-5-9-22)33-29(34)24-12-14-25(31)15-13-24/h2-18,27H,19-20H2,1H3,(H,32,35)(H,33,34)/t27-/m0/s1. The topological polar surface area (TPSA) is 58.2 Å². The minimum atomic E-state index is -0.808. The van der Waals surface area contributed by atoms with E-state index in [4.69, 9.17) is 0 Å². The van der Waals surface area contributed by atoms with Crippen LogP contribution in [-0.2, 0) is 17.0 Å². The first-order valence-electron chi connectivity index (χ1n) is 11.7. The van der Waals surface area contributed by atoms with Crippen molar-refractivity contribution in [3.63, 3.8) is 0 Å². The quantitative estimate of drug-likeness (QED) is 0.262. The number of carbonyl (C=O) groups excluding carboxylic acids is 2. The fourth-order valence-electron chi connectivity index (χ4n) is 3.76. The first kappa shape index (κ1) is 25.2. The van der Waals surface area contributed by atoms with Crippen molar-refractivity contribution in [2.75, 3.05) is 5.32 Å². The van der Waals surface area contributed by atoms with E-state index in [2.05, 4.69) is 22.8 Å². The molecule has 1 atom stereocenters.